The standard InChI is InChI=1S/C28H24ClN3O5/c1-4-37-28(36)21-10-5-6-11-22(21)31-25(33)18-8-7-9-19(15-18)30-24-23(29)26(34)32(27(24)35)20-13-12-16(2)17(3)14-20/h5-15,30H,4H2,1-3H3,(H,31,33). The third-order valence-electron chi connectivity index (χ3n) is 5.84. The molecule has 0 fully saturated rings. The molecule has 0 aromatic heterocycles. The van der Waals surface area contributed by atoms with E-state index < -0.39 is 23.7 Å². The van der Waals surface area contributed by atoms with E-state index in [1.165, 1.54) is 6.07 Å². The first-order chi connectivity index (χ1) is 17.7. The SMILES string of the molecule is CCOC(=O)c1ccccc1NC(=O)c1cccc(NC2=C(Cl)C(=O)N(c3ccc(C)c(C)c3)C2=O)c1. The average Bonchev–Trinajstić information content (AvgIpc) is 3.09. The summed E-state index contributed by atoms with van der Waals surface area (Å²) in [5.74, 6) is -2.27. The second kappa shape index (κ2) is 10.7. The van der Waals surface area contributed by atoms with Crippen molar-refractivity contribution in [2.75, 3.05) is 22.1 Å². The number of para-hydroxylation sites is 1. The maximum Gasteiger partial charge on any atom is 0.340 e. The first-order valence-electron chi connectivity index (χ1n) is 11.5. The predicted molar refractivity (Wildman–Crippen MR) is 142 cm³/mol. The van der Waals surface area contributed by atoms with E-state index in [2.05, 4.69) is 10.6 Å². The lowest BCUT2D eigenvalue weighted by atomic mass is 10.1. The highest BCUT2D eigenvalue weighted by Crippen LogP contribution is 2.31. The van der Waals surface area contributed by atoms with Gasteiger partial charge in [0.1, 0.15) is 10.7 Å². The molecule has 8 nitrogen and oxygen atoms in total. The zero-order valence-corrected chi connectivity index (χ0v) is 21.2. The van der Waals surface area contributed by atoms with Crippen LogP contribution in [0.1, 0.15) is 38.8 Å². The Balaban J connectivity index is 1.54. The third kappa shape index (κ3) is 5.24. The van der Waals surface area contributed by atoms with Gasteiger partial charge in [-0.25, -0.2) is 9.69 Å². The molecule has 0 aliphatic carbocycles. The molecule has 0 saturated carbocycles. The van der Waals surface area contributed by atoms with Gasteiger partial charge in [0, 0.05) is 11.3 Å². The first-order valence-corrected chi connectivity index (χ1v) is 11.9. The number of carbonyl (C=O) groups excluding carboxylic acids is 4. The van der Waals surface area contributed by atoms with Crippen LogP contribution >= 0.6 is 11.6 Å². The summed E-state index contributed by atoms with van der Waals surface area (Å²) in [6, 6.07) is 18.1. The van der Waals surface area contributed by atoms with E-state index in [0.717, 1.165) is 16.0 Å². The van der Waals surface area contributed by atoms with Gasteiger partial charge in [-0.2, -0.15) is 0 Å². The molecule has 3 aromatic rings. The molecule has 0 unspecified atom stereocenters. The number of hydrogen-bond acceptors (Lipinski definition) is 6. The Hall–Kier alpha value is -4.43. The number of halogens is 1. The van der Waals surface area contributed by atoms with Gasteiger partial charge in [0.25, 0.3) is 17.7 Å². The number of anilines is 3. The molecule has 0 bridgehead atoms. The highest BCUT2D eigenvalue weighted by atomic mass is 35.5. The van der Waals surface area contributed by atoms with Crippen molar-refractivity contribution in [2.45, 2.75) is 20.8 Å². The van der Waals surface area contributed by atoms with Crippen LogP contribution < -0.4 is 15.5 Å². The molecule has 0 radical (unpaired) electrons. The number of imide groups is 1. The predicted octanol–water partition coefficient (Wildman–Crippen LogP) is 5.17. The summed E-state index contributed by atoms with van der Waals surface area (Å²) in [4.78, 5) is 52.1. The van der Waals surface area contributed by atoms with Crippen molar-refractivity contribution in [3.05, 3.63) is 99.7 Å². The van der Waals surface area contributed by atoms with Crippen molar-refractivity contribution in [3.8, 4) is 0 Å². The van der Waals surface area contributed by atoms with E-state index >= 15 is 0 Å². The number of ether oxygens (including phenoxy) is 1. The van der Waals surface area contributed by atoms with Gasteiger partial charge < -0.3 is 15.4 Å². The minimum Gasteiger partial charge on any atom is -0.462 e. The van der Waals surface area contributed by atoms with Crippen molar-refractivity contribution < 1.29 is 23.9 Å². The summed E-state index contributed by atoms with van der Waals surface area (Å²) in [5, 5.41) is 5.35. The average molecular weight is 518 g/mol. The zero-order chi connectivity index (χ0) is 26.7. The van der Waals surface area contributed by atoms with Crippen LogP contribution in [0.4, 0.5) is 17.1 Å². The van der Waals surface area contributed by atoms with Gasteiger partial charge in [0.2, 0.25) is 0 Å². The van der Waals surface area contributed by atoms with Crippen LogP contribution in [0.15, 0.2) is 77.5 Å². The highest BCUT2D eigenvalue weighted by Gasteiger charge is 2.39. The van der Waals surface area contributed by atoms with Gasteiger partial charge >= 0.3 is 5.97 Å². The van der Waals surface area contributed by atoms with Crippen LogP contribution in [0.25, 0.3) is 0 Å². The lowest BCUT2D eigenvalue weighted by molar-refractivity contribution is -0.120. The lowest BCUT2D eigenvalue weighted by Gasteiger charge is -2.16. The topological polar surface area (TPSA) is 105 Å². The summed E-state index contributed by atoms with van der Waals surface area (Å²) >= 11 is 6.25. The number of rotatable bonds is 7. The molecule has 9 heteroatoms. The maximum absolute atomic E-state index is 13.1. The Labute approximate surface area is 218 Å². The van der Waals surface area contributed by atoms with Crippen molar-refractivity contribution in [2.24, 2.45) is 0 Å². The number of esters is 1. The van der Waals surface area contributed by atoms with Crippen LogP contribution in [-0.4, -0.2) is 30.3 Å². The van der Waals surface area contributed by atoms with E-state index in [0.29, 0.717) is 17.1 Å². The molecule has 1 aliphatic rings. The normalized spacial score (nSPS) is 13.1. The second-order valence-electron chi connectivity index (χ2n) is 8.33. The smallest absolute Gasteiger partial charge is 0.340 e. The molecule has 0 atom stereocenters. The number of aryl methyl sites for hydroxylation is 2. The molecule has 1 heterocycles. The largest absolute Gasteiger partial charge is 0.462 e. The summed E-state index contributed by atoms with van der Waals surface area (Å²) < 4.78 is 5.05. The number of carbonyl (C=O) groups is 4. The van der Waals surface area contributed by atoms with Crippen LogP contribution in [-0.2, 0) is 14.3 Å². The highest BCUT2D eigenvalue weighted by molar-refractivity contribution is 6.53. The number of hydrogen-bond donors (Lipinski definition) is 2. The Kier molecular flexibility index (Phi) is 7.40. The molecule has 2 N–H and O–H groups in total. The minimum absolute atomic E-state index is 0.0879. The van der Waals surface area contributed by atoms with E-state index in [1.54, 1.807) is 61.5 Å². The molecular formula is C28H24ClN3O5. The minimum atomic E-state index is -0.637. The van der Waals surface area contributed by atoms with E-state index in [-0.39, 0.29) is 28.5 Å². The molecule has 4 rings (SSSR count). The van der Waals surface area contributed by atoms with Gasteiger partial charge in [-0.15, -0.1) is 0 Å². The quantitative estimate of drug-likeness (QED) is 0.331. The summed E-state index contributed by atoms with van der Waals surface area (Å²) in [7, 11) is 0. The molecule has 3 aromatic carbocycles. The van der Waals surface area contributed by atoms with Crippen LogP contribution in [0.3, 0.4) is 0 Å². The molecular weight excluding hydrogens is 494 g/mol. The van der Waals surface area contributed by atoms with Gasteiger partial charge in [0.05, 0.1) is 23.5 Å². The summed E-state index contributed by atoms with van der Waals surface area (Å²) in [6.45, 7) is 5.72. The molecule has 37 heavy (non-hydrogen) atoms. The van der Waals surface area contributed by atoms with E-state index in [1.807, 2.05) is 19.9 Å². The molecule has 0 spiro atoms. The second-order valence-corrected chi connectivity index (χ2v) is 8.71. The van der Waals surface area contributed by atoms with Gasteiger partial charge in [-0.1, -0.05) is 35.9 Å². The van der Waals surface area contributed by atoms with Crippen molar-refractivity contribution in [3.63, 3.8) is 0 Å². The molecule has 0 saturated heterocycles. The fourth-order valence-electron chi connectivity index (χ4n) is 3.77. The number of nitrogens with zero attached hydrogens (tertiary/aromatic N) is 1. The lowest BCUT2D eigenvalue weighted by Crippen LogP contribution is -2.32. The van der Waals surface area contributed by atoms with Crippen molar-refractivity contribution >= 4 is 52.4 Å². The Morgan fingerprint density at radius 2 is 1.68 bits per heavy atom. The van der Waals surface area contributed by atoms with Gasteiger partial charge in [-0.05, 0) is 74.4 Å². The fraction of sp³-hybridized carbons (Fsp3) is 0.143. The van der Waals surface area contributed by atoms with Crippen molar-refractivity contribution in [1.29, 1.82) is 0 Å². The Bertz CT molecular complexity index is 1460. The Morgan fingerprint density at radius 1 is 0.919 bits per heavy atom. The monoisotopic (exact) mass is 517 g/mol. The first kappa shape index (κ1) is 25.7. The van der Waals surface area contributed by atoms with Crippen LogP contribution in [0, 0.1) is 13.8 Å². The number of benzene rings is 3. The number of nitrogens with one attached hydrogen (secondary N) is 2. The van der Waals surface area contributed by atoms with Crippen LogP contribution in [0.2, 0.25) is 0 Å². The van der Waals surface area contributed by atoms with Gasteiger partial charge in [-0.3, -0.25) is 14.4 Å². The third-order valence-corrected chi connectivity index (χ3v) is 6.19. The van der Waals surface area contributed by atoms with Gasteiger partial charge in [0.15, 0.2) is 0 Å². The van der Waals surface area contributed by atoms with E-state index in [4.69, 9.17) is 16.3 Å². The summed E-state index contributed by atoms with van der Waals surface area (Å²) in [5.41, 5.74) is 3.45. The maximum atomic E-state index is 13.1. The molecule has 3 amide bonds. The zero-order valence-electron chi connectivity index (χ0n) is 20.4. The number of amides is 3. The molecule has 188 valence electrons. The fourth-order valence-corrected chi connectivity index (χ4v) is 3.98. The molecule has 1 aliphatic heterocycles. The van der Waals surface area contributed by atoms with Crippen molar-refractivity contribution in [1.82, 2.24) is 0 Å². The Morgan fingerprint density at radius 3 is 2.41 bits per heavy atom. The van der Waals surface area contributed by atoms with E-state index in [9.17, 15) is 19.2 Å². The van der Waals surface area contributed by atoms with Crippen LogP contribution in [0.5, 0.6) is 0 Å². The summed E-state index contributed by atoms with van der Waals surface area (Å²) in [6.07, 6.45) is 0.